The predicted molar refractivity (Wildman–Crippen MR) is 81.4 cm³/mol. The van der Waals surface area contributed by atoms with Gasteiger partial charge in [-0.3, -0.25) is 0 Å². The van der Waals surface area contributed by atoms with Gasteiger partial charge in [0, 0.05) is 22.5 Å². The Balaban J connectivity index is 2.47. The van der Waals surface area contributed by atoms with Crippen LogP contribution in [0.15, 0.2) is 21.0 Å². The largest absolute Gasteiger partial charge is 0.459 e. The first kappa shape index (κ1) is 14.6. The molecule has 0 aliphatic carbocycles. The van der Waals surface area contributed by atoms with Crippen LogP contribution >= 0.6 is 15.9 Å². The van der Waals surface area contributed by atoms with Gasteiger partial charge >= 0.3 is 0 Å². The first-order valence-electron chi connectivity index (χ1n) is 6.58. The first-order chi connectivity index (χ1) is 9.19. The lowest BCUT2D eigenvalue weighted by Crippen LogP contribution is -2.14. The molecule has 19 heavy (non-hydrogen) atoms. The van der Waals surface area contributed by atoms with Gasteiger partial charge in [-0.2, -0.15) is 0 Å². The lowest BCUT2D eigenvalue weighted by molar-refractivity contribution is 0.183. The molecular formula is C15H20BrNO2. The summed E-state index contributed by atoms with van der Waals surface area (Å²) in [7, 11) is 1.71. The molecule has 0 fully saturated rings. The van der Waals surface area contributed by atoms with Gasteiger partial charge in [-0.15, -0.1) is 0 Å². The molecule has 0 spiro atoms. The van der Waals surface area contributed by atoms with Crippen LogP contribution in [0.4, 0.5) is 0 Å². The van der Waals surface area contributed by atoms with Gasteiger partial charge in [0.05, 0.1) is 13.2 Å². The summed E-state index contributed by atoms with van der Waals surface area (Å²) in [5.41, 5.74) is 3.24. The normalized spacial score (nSPS) is 11.4. The van der Waals surface area contributed by atoms with Crippen molar-refractivity contribution in [3.63, 3.8) is 0 Å². The summed E-state index contributed by atoms with van der Waals surface area (Å²) in [5, 5.41) is 4.52. The molecule has 1 aromatic heterocycles. The second kappa shape index (κ2) is 6.55. The third-order valence-corrected chi connectivity index (χ3v) is 3.83. The third kappa shape index (κ3) is 3.02. The molecule has 0 aliphatic rings. The zero-order valence-electron chi connectivity index (χ0n) is 11.7. The van der Waals surface area contributed by atoms with Crippen molar-refractivity contribution < 1.29 is 9.15 Å². The monoisotopic (exact) mass is 325 g/mol. The van der Waals surface area contributed by atoms with Crippen LogP contribution in [0, 0.1) is 6.92 Å². The molecule has 4 heteroatoms. The van der Waals surface area contributed by atoms with Gasteiger partial charge in [0.1, 0.15) is 11.3 Å². The van der Waals surface area contributed by atoms with E-state index in [0.717, 1.165) is 51.8 Å². The second-order valence-corrected chi connectivity index (χ2v) is 5.54. The summed E-state index contributed by atoms with van der Waals surface area (Å²) >= 11 is 3.61. The van der Waals surface area contributed by atoms with E-state index in [4.69, 9.17) is 9.15 Å². The predicted octanol–water partition coefficient (Wildman–Crippen LogP) is 4.15. The first-order valence-corrected chi connectivity index (χ1v) is 7.37. The Labute approximate surface area is 122 Å². The molecule has 0 aliphatic heterocycles. The Morgan fingerprint density at radius 3 is 2.84 bits per heavy atom. The van der Waals surface area contributed by atoms with E-state index in [0.29, 0.717) is 6.61 Å². The number of hydrogen-bond donors (Lipinski definition) is 1. The van der Waals surface area contributed by atoms with Crippen LogP contribution in [0.1, 0.15) is 30.2 Å². The maximum absolute atomic E-state index is 6.04. The molecule has 0 amide bonds. The highest BCUT2D eigenvalue weighted by Gasteiger charge is 2.17. The topological polar surface area (TPSA) is 34.4 Å². The molecule has 104 valence electrons. The minimum absolute atomic E-state index is 0.568. The van der Waals surface area contributed by atoms with Crippen LogP contribution < -0.4 is 5.32 Å². The van der Waals surface area contributed by atoms with Gasteiger partial charge in [0.25, 0.3) is 0 Å². The summed E-state index contributed by atoms with van der Waals surface area (Å²) in [6, 6.07) is 4.13. The Morgan fingerprint density at radius 2 is 2.16 bits per heavy atom. The molecule has 0 saturated carbocycles. The fourth-order valence-electron chi connectivity index (χ4n) is 2.22. The average Bonchev–Trinajstić information content (AvgIpc) is 2.75. The number of hydrogen-bond acceptors (Lipinski definition) is 3. The quantitative estimate of drug-likeness (QED) is 0.810. The number of benzene rings is 1. The number of nitrogens with one attached hydrogen (secondary N) is 1. The Bertz CT molecular complexity index is 563. The van der Waals surface area contributed by atoms with Gasteiger partial charge in [0.15, 0.2) is 0 Å². The number of aryl methyl sites for hydroxylation is 1. The fraction of sp³-hybridized carbons (Fsp3) is 0.467. The van der Waals surface area contributed by atoms with Crippen LogP contribution in [0.25, 0.3) is 11.0 Å². The Kier molecular flexibility index (Phi) is 5.02. The molecule has 0 bridgehead atoms. The molecule has 1 heterocycles. The Hall–Kier alpha value is -0.840. The van der Waals surface area contributed by atoms with Crippen molar-refractivity contribution in [1.29, 1.82) is 0 Å². The number of furan rings is 1. The van der Waals surface area contributed by atoms with E-state index in [-0.39, 0.29) is 0 Å². The highest BCUT2D eigenvalue weighted by molar-refractivity contribution is 9.10. The van der Waals surface area contributed by atoms with Crippen molar-refractivity contribution >= 4 is 26.9 Å². The zero-order valence-corrected chi connectivity index (χ0v) is 13.3. The van der Waals surface area contributed by atoms with Gasteiger partial charge in [-0.05, 0) is 31.5 Å². The molecular weight excluding hydrogens is 306 g/mol. The molecule has 3 nitrogen and oxygen atoms in total. The molecule has 1 N–H and O–H groups in total. The standard InChI is InChI=1S/C15H20BrNO2/c1-4-7-17-8-13-11(9-18-3)14-12(16)6-5-10(2)15(14)19-13/h5-6,17H,4,7-9H2,1-3H3. The van der Waals surface area contributed by atoms with E-state index in [1.807, 2.05) is 0 Å². The van der Waals surface area contributed by atoms with Crippen molar-refractivity contribution in [2.75, 3.05) is 13.7 Å². The van der Waals surface area contributed by atoms with Crippen LogP contribution in [0.3, 0.4) is 0 Å². The smallest absolute Gasteiger partial charge is 0.138 e. The maximum atomic E-state index is 6.04. The molecule has 1 aromatic carbocycles. The minimum Gasteiger partial charge on any atom is -0.459 e. The molecule has 2 rings (SSSR count). The fourth-order valence-corrected chi connectivity index (χ4v) is 2.77. The van der Waals surface area contributed by atoms with Crippen molar-refractivity contribution in [2.24, 2.45) is 0 Å². The molecule has 0 atom stereocenters. The zero-order chi connectivity index (χ0) is 13.8. The summed E-state index contributed by atoms with van der Waals surface area (Å²) in [5.74, 6) is 0.973. The van der Waals surface area contributed by atoms with Gasteiger partial charge < -0.3 is 14.5 Å². The minimum atomic E-state index is 0.568. The maximum Gasteiger partial charge on any atom is 0.138 e. The molecule has 2 aromatic rings. The van der Waals surface area contributed by atoms with E-state index < -0.39 is 0 Å². The molecule has 0 radical (unpaired) electrons. The van der Waals surface area contributed by atoms with E-state index in [9.17, 15) is 0 Å². The van der Waals surface area contributed by atoms with E-state index in [1.54, 1.807) is 7.11 Å². The third-order valence-electron chi connectivity index (χ3n) is 3.17. The SMILES string of the molecule is CCCNCc1oc2c(C)ccc(Br)c2c1COC. The summed E-state index contributed by atoms with van der Waals surface area (Å²) in [4.78, 5) is 0. The van der Waals surface area contributed by atoms with E-state index in [1.165, 1.54) is 0 Å². The number of rotatable bonds is 6. The average molecular weight is 326 g/mol. The van der Waals surface area contributed by atoms with Crippen LogP contribution in [-0.2, 0) is 17.9 Å². The lowest BCUT2D eigenvalue weighted by atomic mass is 10.1. The van der Waals surface area contributed by atoms with Crippen molar-refractivity contribution in [3.8, 4) is 0 Å². The van der Waals surface area contributed by atoms with E-state index in [2.05, 4.69) is 47.2 Å². The van der Waals surface area contributed by atoms with Crippen molar-refractivity contribution in [2.45, 2.75) is 33.4 Å². The number of ether oxygens (including phenoxy) is 1. The summed E-state index contributed by atoms with van der Waals surface area (Å²) in [6.45, 7) is 6.52. The van der Waals surface area contributed by atoms with Crippen LogP contribution in [0.2, 0.25) is 0 Å². The van der Waals surface area contributed by atoms with Crippen LogP contribution in [-0.4, -0.2) is 13.7 Å². The molecule has 0 unspecified atom stereocenters. The van der Waals surface area contributed by atoms with Crippen molar-refractivity contribution in [3.05, 3.63) is 33.5 Å². The van der Waals surface area contributed by atoms with Gasteiger partial charge in [0.2, 0.25) is 0 Å². The number of halogens is 1. The summed E-state index contributed by atoms with van der Waals surface area (Å²) < 4.78 is 12.4. The van der Waals surface area contributed by atoms with Gasteiger partial charge in [-0.1, -0.05) is 28.9 Å². The lowest BCUT2D eigenvalue weighted by Gasteiger charge is -2.04. The second-order valence-electron chi connectivity index (χ2n) is 4.68. The van der Waals surface area contributed by atoms with Gasteiger partial charge in [-0.25, -0.2) is 0 Å². The van der Waals surface area contributed by atoms with Crippen molar-refractivity contribution in [1.82, 2.24) is 5.32 Å². The highest BCUT2D eigenvalue weighted by Crippen LogP contribution is 2.34. The van der Waals surface area contributed by atoms with E-state index >= 15 is 0 Å². The molecule has 0 saturated heterocycles. The number of methoxy groups -OCH3 is 1. The highest BCUT2D eigenvalue weighted by atomic mass is 79.9. The number of fused-ring (bicyclic) bond motifs is 1. The Morgan fingerprint density at radius 1 is 1.37 bits per heavy atom. The summed E-state index contributed by atoms with van der Waals surface area (Å²) in [6.07, 6.45) is 1.11. The van der Waals surface area contributed by atoms with Crippen LogP contribution in [0.5, 0.6) is 0 Å².